The van der Waals surface area contributed by atoms with Crippen LogP contribution in [0.1, 0.15) is 0 Å². The molecule has 2 amide bonds. The van der Waals surface area contributed by atoms with E-state index in [1.165, 1.54) is 0 Å². The molecule has 2 heterocycles. The van der Waals surface area contributed by atoms with E-state index in [1.807, 2.05) is 6.07 Å². The summed E-state index contributed by atoms with van der Waals surface area (Å²) in [5.41, 5.74) is 0.541. The molecule has 1 aromatic carbocycles. The molecule has 1 aliphatic rings. The summed E-state index contributed by atoms with van der Waals surface area (Å²) in [5, 5.41) is 6.16. The maximum Gasteiger partial charge on any atom is 0.319 e. The molecule has 1 aromatic heterocycles. The molecule has 0 bridgehead atoms. The summed E-state index contributed by atoms with van der Waals surface area (Å²) in [6.07, 6.45) is 3.51. The smallest absolute Gasteiger partial charge is 0.319 e. The highest BCUT2D eigenvalue weighted by molar-refractivity contribution is 6.31. The average Bonchev–Trinajstić information content (AvgIpc) is 2.69. The molecule has 1 saturated heterocycles. The van der Waals surface area contributed by atoms with Crippen LogP contribution >= 0.6 is 11.6 Å². The van der Waals surface area contributed by atoms with Crippen molar-refractivity contribution in [2.24, 2.45) is 0 Å². The first-order valence-corrected chi connectivity index (χ1v) is 9.16. The Morgan fingerprint density at radius 2 is 1.96 bits per heavy atom. The van der Waals surface area contributed by atoms with Gasteiger partial charge in [-0.3, -0.25) is 4.90 Å². The average molecular weight is 391 g/mol. The number of rotatable bonds is 6. The molecule has 0 saturated carbocycles. The third-order valence-corrected chi connectivity index (χ3v) is 4.57. The summed E-state index contributed by atoms with van der Waals surface area (Å²) in [4.78, 5) is 25.1. The van der Waals surface area contributed by atoms with Crippen molar-refractivity contribution in [1.82, 2.24) is 20.2 Å². The maximum atomic E-state index is 12.1. The lowest BCUT2D eigenvalue weighted by Crippen LogP contribution is -2.49. The lowest BCUT2D eigenvalue weighted by Gasteiger charge is -2.34. The van der Waals surface area contributed by atoms with Crippen molar-refractivity contribution in [3.05, 3.63) is 41.7 Å². The topological polar surface area (TPSA) is 82.6 Å². The van der Waals surface area contributed by atoms with Crippen molar-refractivity contribution in [1.29, 1.82) is 0 Å². The Morgan fingerprint density at radius 1 is 1.22 bits per heavy atom. The van der Waals surface area contributed by atoms with Gasteiger partial charge in [-0.15, -0.1) is 0 Å². The Balaban J connectivity index is 1.39. The van der Waals surface area contributed by atoms with Crippen LogP contribution < -0.4 is 20.3 Å². The Morgan fingerprint density at radius 3 is 2.67 bits per heavy atom. The largest absolute Gasteiger partial charge is 0.495 e. The first-order valence-electron chi connectivity index (χ1n) is 8.78. The summed E-state index contributed by atoms with van der Waals surface area (Å²) in [6.45, 7) is 4.89. The Hall–Kier alpha value is -2.58. The highest BCUT2D eigenvalue weighted by Crippen LogP contribution is 2.27. The second-order valence-electron chi connectivity index (χ2n) is 6.10. The molecule has 0 radical (unpaired) electrons. The van der Waals surface area contributed by atoms with Crippen molar-refractivity contribution >= 4 is 29.3 Å². The molecule has 0 atom stereocenters. The quantitative estimate of drug-likeness (QED) is 0.785. The van der Waals surface area contributed by atoms with Crippen LogP contribution in [0, 0.1) is 0 Å². The fraction of sp³-hybridized carbons (Fsp3) is 0.389. The van der Waals surface area contributed by atoms with Crippen LogP contribution in [0.15, 0.2) is 36.7 Å². The number of aromatic nitrogens is 2. The number of carbonyl (C=O) groups is 1. The number of amides is 2. The van der Waals surface area contributed by atoms with Gasteiger partial charge in [0.25, 0.3) is 0 Å². The number of hydrogen-bond donors (Lipinski definition) is 2. The van der Waals surface area contributed by atoms with Crippen molar-refractivity contribution in [3.63, 3.8) is 0 Å². The summed E-state index contributed by atoms with van der Waals surface area (Å²) >= 11 is 5.97. The van der Waals surface area contributed by atoms with E-state index in [-0.39, 0.29) is 6.03 Å². The molecule has 3 rings (SSSR count). The lowest BCUT2D eigenvalue weighted by molar-refractivity contribution is 0.240. The van der Waals surface area contributed by atoms with E-state index in [9.17, 15) is 4.79 Å². The van der Waals surface area contributed by atoms with Gasteiger partial charge in [0.2, 0.25) is 5.95 Å². The molecule has 0 aliphatic carbocycles. The molecule has 9 heteroatoms. The van der Waals surface area contributed by atoms with Crippen LogP contribution in [0.4, 0.5) is 16.4 Å². The van der Waals surface area contributed by atoms with E-state index in [2.05, 4.69) is 30.4 Å². The molecule has 1 fully saturated rings. The van der Waals surface area contributed by atoms with Crippen LogP contribution in [-0.4, -0.2) is 67.3 Å². The standard InChI is InChI=1S/C18H23ClN6O2/c1-27-16-4-3-14(19)13-15(16)23-18(26)22-7-8-24-9-11-25(12-10-24)17-20-5-2-6-21-17/h2-6,13H,7-12H2,1H3,(H2,22,23,26). The van der Waals surface area contributed by atoms with E-state index >= 15 is 0 Å². The molecule has 8 nitrogen and oxygen atoms in total. The highest BCUT2D eigenvalue weighted by atomic mass is 35.5. The second-order valence-corrected chi connectivity index (χ2v) is 6.54. The number of methoxy groups -OCH3 is 1. The van der Waals surface area contributed by atoms with E-state index in [4.69, 9.17) is 16.3 Å². The number of anilines is 2. The highest BCUT2D eigenvalue weighted by Gasteiger charge is 2.18. The van der Waals surface area contributed by atoms with Crippen LogP contribution in [0.5, 0.6) is 5.75 Å². The van der Waals surface area contributed by atoms with Gasteiger partial charge < -0.3 is 20.3 Å². The minimum Gasteiger partial charge on any atom is -0.495 e. The lowest BCUT2D eigenvalue weighted by atomic mass is 10.3. The Bertz CT molecular complexity index is 753. The number of piperazine rings is 1. The van der Waals surface area contributed by atoms with E-state index in [0.29, 0.717) is 23.0 Å². The van der Waals surface area contributed by atoms with Gasteiger partial charge in [0.1, 0.15) is 5.75 Å². The van der Waals surface area contributed by atoms with Gasteiger partial charge in [0.05, 0.1) is 12.8 Å². The first-order chi connectivity index (χ1) is 13.2. The molecular weight excluding hydrogens is 368 g/mol. The van der Waals surface area contributed by atoms with Gasteiger partial charge >= 0.3 is 6.03 Å². The molecule has 2 aromatic rings. The SMILES string of the molecule is COc1ccc(Cl)cc1NC(=O)NCCN1CCN(c2ncccn2)CC1. The molecular formula is C18H23ClN6O2. The van der Waals surface area contributed by atoms with E-state index in [1.54, 1.807) is 37.7 Å². The zero-order valence-corrected chi connectivity index (χ0v) is 15.9. The Labute approximate surface area is 163 Å². The van der Waals surface area contributed by atoms with Gasteiger partial charge in [-0.05, 0) is 24.3 Å². The fourth-order valence-corrected chi connectivity index (χ4v) is 3.07. The minimum atomic E-state index is -0.285. The van der Waals surface area contributed by atoms with Gasteiger partial charge in [0.15, 0.2) is 0 Å². The van der Waals surface area contributed by atoms with Crippen molar-refractivity contribution in [3.8, 4) is 5.75 Å². The maximum absolute atomic E-state index is 12.1. The summed E-state index contributed by atoms with van der Waals surface area (Å²) < 4.78 is 5.22. The number of benzene rings is 1. The zero-order valence-electron chi connectivity index (χ0n) is 15.2. The zero-order chi connectivity index (χ0) is 19.1. The summed E-state index contributed by atoms with van der Waals surface area (Å²) in [7, 11) is 1.55. The third-order valence-electron chi connectivity index (χ3n) is 4.33. The number of ether oxygens (including phenoxy) is 1. The normalized spacial score (nSPS) is 14.7. The van der Waals surface area contributed by atoms with E-state index < -0.39 is 0 Å². The number of halogens is 1. The molecule has 0 spiro atoms. The van der Waals surface area contributed by atoms with Crippen LogP contribution in [-0.2, 0) is 0 Å². The number of urea groups is 1. The number of carbonyl (C=O) groups excluding carboxylic acids is 1. The van der Waals surface area contributed by atoms with E-state index in [0.717, 1.165) is 38.7 Å². The first kappa shape index (κ1) is 19.2. The van der Waals surface area contributed by atoms with Gasteiger partial charge in [-0.2, -0.15) is 0 Å². The van der Waals surface area contributed by atoms with Crippen molar-refractivity contribution in [2.75, 3.05) is 56.6 Å². The summed E-state index contributed by atoms with van der Waals surface area (Å²) in [5.74, 6) is 1.33. The number of nitrogens with one attached hydrogen (secondary N) is 2. The predicted octanol–water partition coefficient (Wildman–Crippen LogP) is 2.08. The molecule has 144 valence electrons. The van der Waals surface area contributed by atoms with Crippen LogP contribution in [0.25, 0.3) is 0 Å². The second kappa shape index (κ2) is 9.38. The molecule has 27 heavy (non-hydrogen) atoms. The number of hydrogen-bond acceptors (Lipinski definition) is 6. The minimum absolute atomic E-state index is 0.285. The summed E-state index contributed by atoms with van der Waals surface area (Å²) in [6, 6.07) is 6.62. The van der Waals surface area contributed by atoms with Crippen LogP contribution in [0.3, 0.4) is 0 Å². The van der Waals surface area contributed by atoms with Crippen molar-refractivity contribution < 1.29 is 9.53 Å². The van der Waals surface area contributed by atoms with Gasteiger partial charge in [0, 0.05) is 56.7 Å². The van der Waals surface area contributed by atoms with Crippen LogP contribution in [0.2, 0.25) is 5.02 Å². The molecule has 0 unspecified atom stereocenters. The monoisotopic (exact) mass is 390 g/mol. The predicted molar refractivity (Wildman–Crippen MR) is 106 cm³/mol. The molecule has 2 N–H and O–H groups in total. The molecule has 1 aliphatic heterocycles. The van der Waals surface area contributed by atoms with Gasteiger partial charge in [-0.25, -0.2) is 14.8 Å². The van der Waals surface area contributed by atoms with Gasteiger partial charge in [-0.1, -0.05) is 11.6 Å². The Kier molecular flexibility index (Phi) is 6.67. The fourth-order valence-electron chi connectivity index (χ4n) is 2.90. The number of nitrogens with zero attached hydrogens (tertiary/aromatic N) is 4. The third kappa shape index (κ3) is 5.45. The van der Waals surface area contributed by atoms with Crippen molar-refractivity contribution in [2.45, 2.75) is 0 Å².